The van der Waals surface area contributed by atoms with Gasteiger partial charge in [-0.05, 0) is 61.5 Å². The lowest BCUT2D eigenvalue weighted by atomic mass is 10.2. The van der Waals surface area contributed by atoms with E-state index in [-0.39, 0.29) is 23.3 Å². The first kappa shape index (κ1) is 20.1. The van der Waals surface area contributed by atoms with Gasteiger partial charge in [0.25, 0.3) is 0 Å². The Morgan fingerprint density at radius 3 is 2.68 bits per heavy atom. The SMILES string of the molecule is COC[C@@H](C)n1c(C)cc(C(=O)CSc2nnnn2-c2ccc(O)cc2)c1C. The van der Waals surface area contributed by atoms with Gasteiger partial charge in [0.05, 0.1) is 24.1 Å². The Hall–Kier alpha value is -2.65. The number of Topliss-reactive ketones (excluding diaryl/α,β-unsaturated/α-hetero) is 1. The average Bonchev–Trinajstić information content (AvgIpc) is 3.24. The molecule has 1 atom stereocenters. The van der Waals surface area contributed by atoms with E-state index in [0.717, 1.165) is 11.4 Å². The third kappa shape index (κ3) is 4.10. The number of ketones is 1. The fraction of sp³-hybridized carbons (Fsp3) is 0.368. The summed E-state index contributed by atoms with van der Waals surface area (Å²) in [7, 11) is 1.67. The lowest BCUT2D eigenvalue weighted by molar-refractivity contribution is 0.102. The summed E-state index contributed by atoms with van der Waals surface area (Å²) in [6.45, 7) is 6.60. The summed E-state index contributed by atoms with van der Waals surface area (Å²) in [5, 5.41) is 21.6. The quantitative estimate of drug-likeness (QED) is 0.458. The van der Waals surface area contributed by atoms with Crippen LogP contribution in [0.2, 0.25) is 0 Å². The van der Waals surface area contributed by atoms with Crippen molar-refractivity contribution >= 4 is 17.5 Å². The van der Waals surface area contributed by atoms with E-state index in [0.29, 0.717) is 23.0 Å². The maximum atomic E-state index is 12.8. The van der Waals surface area contributed by atoms with Gasteiger partial charge in [0.15, 0.2) is 5.78 Å². The van der Waals surface area contributed by atoms with Crippen LogP contribution >= 0.6 is 11.8 Å². The molecule has 0 aliphatic heterocycles. The minimum atomic E-state index is 0.0224. The number of rotatable bonds is 8. The van der Waals surface area contributed by atoms with Crippen LogP contribution in [0.25, 0.3) is 5.69 Å². The third-order valence-electron chi connectivity index (χ3n) is 4.50. The van der Waals surface area contributed by atoms with Gasteiger partial charge in [0.2, 0.25) is 5.16 Å². The smallest absolute Gasteiger partial charge is 0.214 e. The van der Waals surface area contributed by atoms with E-state index in [1.165, 1.54) is 11.8 Å². The van der Waals surface area contributed by atoms with E-state index in [2.05, 4.69) is 27.0 Å². The molecule has 1 aromatic carbocycles. The Morgan fingerprint density at radius 2 is 2.00 bits per heavy atom. The lowest BCUT2D eigenvalue weighted by Crippen LogP contribution is -2.14. The maximum absolute atomic E-state index is 12.8. The number of hydrogen-bond donors (Lipinski definition) is 1. The normalized spacial score (nSPS) is 12.3. The molecule has 0 aliphatic carbocycles. The van der Waals surface area contributed by atoms with Crippen LogP contribution in [-0.2, 0) is 4.74 Å². The number of aromatic nitrogens is 5. The Morgan fingerprint density at radius 1 is 1.29 bits per heavy atom. The number of thioether (sulfide) groups is 1. The molecule has 28 heavy (non-hydrogen) atoms. The molecule has 0 aliphatic rings. The summed E-state index contributed by atoms with van der Waals surface area (Å²) < 4.78 is 8.92. The van der Waals surface area contributed by atoms with Crippen LogP contribution in [0, 0.1) is 13.8 Å². The molecular weight excluding hydrogens is 378 g/mol. The number of hydrogen-bond acceptors (Lipinski definition) is 7. The van der Waals surface area contributed by atoms with Gasteiger partial charge in [0.1, 0.15) is 5.75 Å². The van der Waals surface area contributed by atoms with Crippen molar-refractivity contribution in [2.45, 2.75) is 32.0 Å². The Bertz CT molecular complexity index is 965. The summed E-state index contributed by atoms with van der Waals surface area (Å²) in [4.78, 5) is 12.8. The molecule has 0 radical (unpaired) electrons. The minimum absolute atomic E-state index is 0.0224. The molecule has 8 nitrogen and oxygen atoms in total. The standard InChI is InChI=1S/C19H23N5O3S/c1-12-9-17(14(3)23(12)13(2)10-27-4)18(26)11-28-19-20-21-22-24(19)15-5-7-16(25)8-6-15/h5-9,13,25H,10-11H2,1-4H3/t13-/m1/s1. The first-order valence-electron chi connectivity index (χ1n) is 8.83. The molecule has 1 N–H and O–H groups in total. The highest BCUT2D eigenvalue weighted by molar-refractivity contribution is 7.99. The predicted molar refractivity (Wildman–Crippen MR) is 106 cm³/mol. The van der Waals surface area contributed by atoms with E-state index in [1.54, 1.807) is 36.1 Å². The molecule has 148 valence electrons. The summed E-state index contributed by atoms with van der Waals surface area (Å²) in [6, 6.07) is 8.62. The van der Waals surface area contributed by atoms with Gasteiger partial charge < -0.3 is 14.4 Å². The number of carbonyl (C=O) groups is 1. The molecule has 9 heteroatoms. The van der Waals surface area contributed by atoms with Crippen LogP contribution in [0.4, 0.5) is 0 Å². The van der Waals surface area contributed by atoms with Crippen molar-refractivity contribution in [3.05, 3.63) is 47.3 Å². The Balaban J connectivity index is 1.75. The van der Waals surface area contributed by atoms with E-state index < -0.39 is 0 Å². The van der Waals surface area contributed by atoms with Crippen molar-refractivity contribution in [3.8, 4) is 11.4 Å². The maximum Gasteiger partial charge on any atom is 0.214 e. The van der Waals surface area contributed by atoms with Gasteiger partial charge in [-0.1, -0.05) is 11.8 Å². The van der Waals surface area contributed by atoms with Crippen molar-refractivity contribution in [1.29, 1.82) is 0 Å². The second-order valence-electron chi connectivity index (χ2n) is 6.56. The van der Waals surface area contributed by atoms with Crippen LogP contribution in [0.3, 0.4) is 0 Å². The zero-order valence-electron chi connectivity index (χ0n) is 16.3. The van der Waals surface area contributed by atoms with Crippen molar-refractivity contribution in [2.24, 2.45) is 0 Å². The highest BCUT2D eigenvalue weighted by Crippen LogP contribution is 2.25. The molecule has 0 saturated carbocycles. The second kappa shape index (κ2) is 8.57. The molecule has 0 amide bonds. The number of methoxy groups -OCH3 is 1. The average molecular weight is 401 g/mol. The number of phenols is 1. The zero-order valence-corrected chi connectivity index (χ0v) is 17.1. The van der Waals surface area contributed by atoms with Crippen molar-refractivity contribution in [2.75, 3.05) is 19.5 Å². The molecule has 3 aromatic rings. The molecule has 0 saturated heterocycles. The molecule has 0 bridgehead atoms. The summed E-state index contributed by atoms with van der Waals surface area (Å²) in [5.74, 6) is 0.412. The number of tetrazole rings is 1. The number of ether oxygens (including phenoxy) is 1. The monoisotopic (exact) mass is 401 g/mol. The Kier molecular flexibility index (Phi) is 6.15. The number of nitrogens with zero attached hydrogens (tertiary/aromatic N) is 5. The number of carbonyl (C=O) groups excluding carboxylic acids is 1. The molecule has 3 rings (SSSR count). The molecule has 2 heterocycles. The van der Waals surface area contributed by atoms with E-state index >= 15 is 0 Å². The van der Waals surface area contributed by atoms with E-state index in [1.807, 2.05) is 19.9 Å². The van der Waals surface area contributed by atoms with Gasteiger partial charge in [-0.3, -0.25) is 4.79 Å². The van der Waals surface area contributed by atoms with Crippen molar-refractivity contribution in [3.63, 3.8) is 0 Å². The Labute approximate surface area is 167 Å². The van der Waals surface area contributed by atoms with Gasteiger partial charge >= 0.3 is 0 Å². The lowest BCUT2D eigenvalue weighted by Gasteiger charge is -2.17. The van der Waals surface area contributed by atoms with Crippen LogP contribution in [0.5, 0.6) is 5.75 Å². The van der Waals surface area contributed by atoms with Crippen molar-refractivity contribution < 1.29 is 14.6 Å². The van der Waals surface area contributed by atoms with Crippen LogP contribution in [-0.4, -0.2) is 55.1 Å². The van der Waals surface area contributed by atoms with Crippen molar-refractivity contribution in [1.82, 2.24) is 24.8 Å². The number of benzene rings is 1. The minimum Gasteiger partial charge on any atom is -0.508 e. The fourth-order valence-corrected chi connectivity index (χ4v) is 4.06. The largest absolute Gasteiger partial charge is 0.508 e. The summed E-state index contributed by atoms with van der Waals surface area (Å²) in [6.07, 6.45) is 0. The number of phenolic OH excluding ortho intramolecular Hbond substituents is 1. The first-order valence-corrected chi connectivity index (χ1v) is 9.82. The molecular formula is C19H23N5O3S. The number of aromatic hydroxyl groups is 1. The molecule has 2 aromatic heterocycles. The number of aryl methyl sites for hydroxylation is 1. The van der Waals surface area contributed by atoms with Gasteiger partial charge in [-0.25, -0.2) is 0 Å². The van der Waals surface area contributed by atoms with Gasteiger partial charge in [0, 0.05) is 24.1 Å². The van der Waals surface area contributed by atoms with E-state index in [4.69, 9.17) is 4.74 Å². The summed E-state index contributed by atoms with van der Waals surface area (Å²) >= 11 is 1.28. The van der Waals surface area contributed by atoms with Crippen LogP contribution in [0.15, 0.2) is 35.5 Å². The highest BCUT2D eigenvalue weighted by Gasteiger charge is 2.20. The van der Waals surface area contributed by atoms with E-state index in [9.17, 15) is 9.90 Å². The molecule has 0 fully saturated rings. The first-order chi connectivity index (χ1) is 13.4. The van der Waals surface area contributed by atoms with Gasteiger partial charge in [-0.15, -0.1) is 5.10 Å². The second-order valence-corrected chi connectivity index (χ2v) is 7.50. The topological polar surface area (TPSA) is 95.1 Å². The molecule has 0 unspecified atom stereocenters. The van der Waals surface area contributed by atoms with Gasteiger partial charge in [-0.2, -0.15) is 4.68 Å². The zero-order chi connectivity index (χ0) is 20.3. The fourth-order valence-electron chi connectivity index (χ4n) is 3.29. The van der Waals surface area contributed by atoms with Crippen LogP contribution in [0.1, 0.15) is 34.7 Å². The third-order valence-corrected chi connectivity index (χ3v) is 5.42. The van der Waals surface area contributed by atoms with Crippen LogP contribution < -0.4 is 0 Å². The summed E-state index contributed by atoms with van der Waals surface area (Å²) in [5.41, 5.74) is 3.39. The molecule has 0 spiro atoms. The predicted octanol–water partition coefficient (Wildman–Crippen LogP) is 2.97. The highest BCUT2D eigenvalue weighted by atomic mass is 32.2.